The highest BCUT2D eigenvalue weighted by Gasteiger charge is 2.34. The zero-order valence-electron chi connectivity index (χ0n) is 20.8. The summed E-state index contributed by atoms with van der Waals surface area (Å²) in [6, 6.07) is 15.5. The van der Waals surface area contributed by atoms with Gasteiger partial charge in [0.15, 0.2) is 5.69 Å². The fourth-order valence-corrected chi connectivity index (χ4v) is 5.38. The average molecular weight is 519 g/mol. The molecule has 2 aliphatic carbocycles. The summed E-state index contributed by atoms with van der Waals surface area (Å²) < 4.78 is 6.14. The van der Waals surface area contributed by atoms with Crippen LogP contribution in [0.5, 0.6) is 11.5 Å². The van der Waals surface area contributed by atoms with Gasteiger partial charge < -0.3 is 20.5 Å². The summed E-state index contributed by atoms with van der Waals surface area (Å²) in [5.41, 5.74) is 0.881. The number of aromatic amines is 2. The highest BCUT2D eigenvalue weighted by Crippen LogP contribution is 2.36. The summed E-state index contributed by atoms with van der Waals surface area (Å²) in [6.45, 7) is 0.479. The third kappa shape index (κ3) is 5.49. The van der Waals surface area contributed by atoms with Gasteiger partial charge in [-0.1, -0.05) is 42.5 Å². The normalized spacial score (nSPS) is 20.4. The van der Waals surface area contributed by atoms with Crippen molar-refractivity contribution in [3.63, 3.8) is 0 Å². The van der Waals surface area contributed by atoms with E-state index in [9.17, 15) is 24.3 Å². The van der Waals surface area contributed by atoms with Crippen molar-refractivity contribution in [3.8, 4) is 11.5 Å². The Labute approximate surface area is 218 Å². The molecule has 1 heterocycles. The van der Waals surface area contributed by atoms with E-state index < -0.39 is 28.6 Å². The highest BCUT2D eigenvalue weighted by molar-refractivity contribution is 5.94. The maximum Gasteiger partial charge on any atom is 0.326 e. The number of hydrogen-bond donors (Lipinski definition) is 5. The molecule has 2 aliphatic rings. The minimum Gasteiger partial charge on any atom is -0.501 e. The van der Waals surface area contributed by atoms with Crippen molar-refractivity contribution in [1.29, 1.82) is 0 Å². The molecular weight excluding hydrogens is 488 g/mol. The summed E-state index contributed by atoms with van der Waals surface area (Å²) in [6.07, 6.45) is 4.24. The third-order valence-corrected chi connectivity index (χ3v) is 7.30. The first-order valence-corrected chi connectivity index (χ1v) is 12.8. The number of amides is 2. The van der Waals surface area contributed by atoms with Crippen LogP contribution < -0.4 is 26.6 Å². The predicted molar refractivity (Wildman–Crippen MR) is 139 cm³/mol. The standard InChI is InChI=1S/C28H30N4O6/c33-24-23(31-28(37)32-27(24)36)26(35)29-18-13-12-17(14-18)25(34)30-21-10-4-9-20-19(21)8-5-11-22(20)38-15-16-6-2-1-3-7-16/h1-3,5-8,11,17-18,21,33H,4,9-10,12-15H2,(H,29,35)(H,30,34)(H2,31,32,36,37)/t17-,18+,21-/m1/s1. The Morgan fingerprint density at radius 1 is 0.974 bits per heavy atom. The number of aromatic hydroxyl groups is 1. The van der Waals surface area contributed by atoms with E-state index in [0.29, 0.717) is 25.9 Å². The molecule has 0 bridgehead atoms. The lowest BCUT2D eigenvalue weighted by Crippen LogP contribution is -2.38. The molecule has 198 valence electrons. The number of nitrogens with one attached hydrogen (secondary N) is 4. The Morgan fingerprint density at radius 3 is 2.61 bits per heavy atom. The molecule has 3 atom stereocenters. The molecule has 10 nitrogen and oxygen atoms in total. The van der Waals surface area contributed by atoms with Crippen LogP contribution in [-0.2, 0) is 17.8 Å². The number of rotatable bonds is 7. The van der Waals surface area contributed by atoms with Crippen LogP contribution in [0, 0.1) is 5.92 Å². The van der Waals surface area contributed by atoms with Crippen LogP contribution in [0.3, 0.4) is 0 Å². The van der Waals surface area contributed by atoms with E-state index in [1.54, 1.807) is 0 Å². The Bertz CT molecular complexity index is 1450. The highest BCUT2D eigenvalue weighted by atomic mass is 16.5. The monoisotopic (exact) mass is 518 g/mol. The van der Waals surface area contributed by atoms with E-state index in [1.165, 1.54) is 0 Å². The second kappa shape index (κ2) is 11.0. The Morgan fingerprint density at radius 2 is 1.79 bits per heavy atom. The number of carbonyl (C=O) groups excluding carboxylic acids is 2. The number of ether oxygens (including phenoxy) is 1. The molecule has 0 aliphatic heterocycles. The van der Waals surface area contributed by atoms with Crippen molar-refractivity contribution in [2.24, 2.45) is 5.92 Å². The zero-order valence-corrected chi connectivity index (χ0v) is 20.8. The molecule has 38 heavy (non-hydrogen) atoms. The van der Waals surface area contributed by atoms with E-state index >= 15 is 0 Å². The third-order valence-electron chi connectivity index (χ3n) is 7.30. The van der Waals surface area contributed by atoms with Crippen LogP contribution in [0.15, 0.2) is 58.1 Å². The Balaban J connectivity index is 1.20. The molecule has 0 spiro atoms. The van der Waals surface area contributed by atoms with Gasteiger partial charge in [-0.25, -0.2) is 4.79 Å². The lowest BCUT2D eigenvalue weighted by atomic mass is 9.86. The lowest BCUT2D eigenvalue weighted by molar-refractivity contribution is -0.125. The van der Waals surface area contributed by atoms with E-state index in [-0.39, 0.29) is 23.9 Å². The average Bonchev–Trinajstić information content (AvgIpc) is 3.39. The summed E-state index contributed by atoms with van der Waals surface area (Å²) in [7, 11) is 0. The number of carbonyl (C=O) groups is 2. The van der Waals surface area contributed by atoms with Crippen LogP contribution in [0.4, 0.5) is 0 Å². The second-order valence-electron chi connectivity index (χ2n) is 9.86. The molecule has 1 aromatic heterocycles. The van der Waals surface area contributed by atoms with Crippen molar-refractivity contribution in [1.82, 2.24) is 20.6 Å². The number of fused-ring (bicyclic) bond motifs is 1. The van der Waals surface area contributed by atoms with E-state index in [4.69, 9.17) is 4.74 Å². The molecule has 10 heteroatoms. The van der Waals surface area contributed by atoms with Gasteiger partial charge in [-0.2, -0.15) is 0 Å². The van der Waals surface area contributed by atoms with Crippen LogP contribution in [0.1, 0.15) is 65.3 Å². The zero-order chi connectivity index (χ0) is 26.6. The lowest BCUT2D eigenvalue weighted by Gasteiger charge is -2.29. The van der Waals surface area contributed by atoms with E-state index in [1.807, 2.05) is 53.5 Å². The summed E-state index contributed by atoms with van der Waals surface area (Å²) in [4.78, 5) is 52.8. The van der Waals surface area contributed by atoms with Crippen molar-refractivity contribution in [2.45, 2.75) is 57.2 Å². The molecule has 3 aromatic rings. The van der Waals surface area contributed by atoms with Gasteiger partial charge in [0, 0.05) is 12.0 Å². The fraction of sp³-hybridized carbons (Fsp3) is 0.357. The first kappa shape index (κ1) is 25.3. The van der Waals surface area contributed by atoms with E-state index in [0.717, 1.165) is 41.7 Å². The predicted octanol–water partition coefficient (Wildman–Crippen LogP) is 2.44. The van der Waals surface area contributed by atoms with Gasteiger partial charge >= 0.3 is 5.69 Å². The SMILES string of the molecule is O=C(N[C@H]1CC[C@@H](C(=O)N[C@@H]2CCCc3c(OCc4ccccc4)cccc32)C1)c1[nH]c(=O)[nH]c(=O)c1O. The smallest absolute Gasteiger partial charge is 0.326 e. The van der Waals surface area contributed by atoms with Crippen LogP contribution in [0.25, 0.3) is 0 Å². The molecule has 1 saturated carbocycles. The van der Waals surface area contributed by atoms with Crippen LogP contribution in [0.2, 0.25) is 0 Å². The number of H-pyrrole nitrogens is 2. The summed E-state index contributed by atoms with van der Waals surface area (Å²) in [5.74, 6) is -1.12. The van der Waals surface area contributed by atoms with Crippen LogP contribution in [-0.4, -0.2) is 32.9 Å². The number of benzene rings is 2. The molecule has 2 amide bonds. The maximum atomic E-state index is 13.2. The minimum atomic E-state index is -1.04. The molecule has 5 rings (SSSR count). The summed E-state index contributed by atoms with van der Waals surface area (Å²) in [5, 5.41) is 15.8. The molecule has 5 N–H and O–H groups in total. The van der Waals surface area contributed by atoms with Gasteiger partial charge in [-0.3, -0.25) is 24.4 Å². The van der Waals surface area contributed by atoms with Crippen molar-refractivity contribution < 1.29 is 19.4 Å². The van der Waals surface area contributed by atoms with Gasteiger partial charge in [0.2, 0.25) is 11.7 Å². The van der Waals surface area contributed by atoms with Gasteiger partial charge in [0.1, 0.15) is 12.4 Å². The molecule has 1 fully saturated rings. The van der Waals surface area contributed by atoms with Crippen LogP contribution >= 0.6 is 0 Å². The maximum absolute atomic E-state index is 13.2. The second-order valence-corrected chi connectivity index (χ2v) is 9.86. The number of aromatic nitrogens is 2. The largest absolute Gasteiger partial charge is 0.501 e. The quantitative estimate of drug-likeness (QED) is 0.324. The molecule has 0 saturated heterocycles. The Kier molecular flexibility index (Phi) is 7.30. The van der Waals surface area contributed by atoms with Crippen molar-refractivity contribution in [2.75, 3.05) is 0 Å². The number of hydrogen-bond acceptors (Lipinski definition) is 6. The first-order valence-electron chi connectivity index (χ1n) is 12.8. The topological polar surface area (TPSA) is 153 Å². The van der Waals surface area contributed by atoms with Crippen molar-refractivity contribution >= 4 is 11.8 Å². The minimum absolute atomic E-state index is 0.0670. The van der Waals surface area contributed by atoms with Gasteiger partial charge in [0.25, 0.3) is 11.5 Å². The molecule has 0 radical (unpaired) electrons. The van der Waals surface area contributed by atoms with Crippen molar-refractivity contribution in [3.05, 3.63) is 91.8 Å². The first-order chi connectivity index (χ1) is 18.4. The molecule has 2 aromatic carbocycles. The Hall–Kier alpha value is -4.34. The van der Waals surface area contributed by atoms with Gasteiger partial charge in [-0.05, 0) is 61.3 Å². The molecule has 0 unspecified atom stereocenters. The van der Waals surface area contributed by atoms with Gasteiger partial charge in [0.05, 0.1) is 6.04 Å². The molecular formula is C28H30N4O6. The van der Waals surface area contributed by atoms with Gasteiger partial charge in [-0.15, -0.1) is 0 Å². The summed E-state index contributed by atoms with van der Waals surface area (Å²) >= 11 is 0. The fourth-order valence-electron chi connectivity index (χ4n) is 5.38. The van der Waals surface area contributed by atoms with E-state index in [2.05, 4.69) is 15.6 Å².